The van der Waals surface area contributed by atoms with Gasteiger partial charge in [0.25, 0.3) is 0 Å². The van der Waals surface area contributed by atoms with Crippen LogP contribution < -0.4 is 0 Å². The van der Waals surface area contributed by atoms with Gasteiger partial charge in [0.05, 0.1) is 85.9 Å². The number of hydrogen-bond acceptors (Lipinski definition) is 7. The van der Waals surface area contributed by atoms with E-state index in [1.807, 2.05) is 84.9 Å². The van der Waals surface area contributed by atoms with Crippen LogP contribution in [0.1, 0.15) is 22.3 Å². The quantitative estimate of drug-likeness (QED) is 0.0679. The van der Waals surface area contributed by atoms with E-state index in [0.29, 0.717) is 85.9 Å². The highest BCUT2D eigenvalue weighted by Gasteiger charge is 2.37. The van der Waals surface area contributed by atoms with Gasteiger partial charge in [-0.3, -0.25) is 0 Å². The molecule has 0 N–H and O–H groups in total. The molecule has 0 bridgehead atoms. The van der Waals surface area contributed by atoms with Crippen molar-refractivity contribution < 1.29 is 33.2 Å². The number of benzene rings is 4. The van der Waals surface area contributed by atoms with Crippen molar-refractivity contribution in [3.8, 4) is 0 Å². The molecule has 4 aromatic carbocycles. The van der Waals surface area contributed by atoms with Crippen LogP contribution in [-0.2, 0) is 45.4 Å². The van der Waals surface area contributed by atoms with E-state index >= 15 is 0 Å². The number of rotatable bonds is 24. The first-order chi connectivity index (χ1) is 22.4. The Morgan fingerprint density at radius 1 is 0.311 bits per heavy atom. The van der Waals surface area contributed by atoms with Gasteiger partial charge in [-0.25, -0.2) is 0 Å². The molecule has 7 nitrogen and oxygen atoms in total. The van der Waals surface area contributed by atoms with Crippen molar-refractivity contribution in [2.75, 3.05) is 79.3 Å². The van der Waals surface area contributed by atoms with Gasteiger partial charge in [0.1, 0.15) is 5.60 Å². The highest BCUT2D eigenvalue weighted by Crippen LogP contribution is 2.40. The zero-order valence-electron chi connectivity index (χ0n) is 26.1. The van der Waals surface area contributed by atoms with Gasteiger partial charge in [-0.05, 0) is 22.3 Å². The predicted molar refractivity (Wildman–Crippen MR) is 175 cm³/mol. The predicted octanol–water partition coefficient (Wildman–Crippen LogP) is 6.29. The zero-order chi connectivity index (χ0) is 31.1. The maximum atomic E-state index is 6.72. The topological polar surface area (TPSA) is 64.6 Å². The summed E-state index contributed by atoms with van der Waals surface area (Å²) in [6, 6.07) is 41.1. The van der Waals surface area contributed by atoms with Gasteiger partial charge in [0.2, 0.25) is 0 Å². The van der Waals surface area contributed by atoms with Crippen LogP contribution in [0.5, 0.6) is 0 Å². The van der Waals surface area contributed by atoms with E-state index in [4.69, 9.17) is 33.2 Å². The molecule has 0 aliphatic carbocycles. The van der Waals surface area contributed by atoms with Crippen LogP contribution in [-0.4, -0.2) is 79.3 Å². The zero-order valence-corrected chi connectivity index (χ0v) is 26.1. The summed E-state index contributed by atoms with van der Waals surface area (Å²) < 4.78 is 40.4. The summed E-state index contributed by atoms with van der Waals surface area (Å²) in [6.07, 6.45) is 0. The standard InChI is InChI=1S/C38H46O7/c1-5-13-34(14-6-1)33-44-30-29-42-26-25-40-22-21-39-23-24-41-27-28-43-31-32-45-38(35-15-7-2-8-16-35,36-17-9-3-10-18-36)37-19-11-4-12-20-37/h1-20H,21-33H2. The Bertz CT molecular complexity index is 1160. The first-order valence-corrected chi connectivity index (χ1v) is 15.7. The Hall–Kier alpha value is -3.40. The maximum Gasteiger partial charge on any atom is 0.143 e. The molecule has 7 heteroatoms. The monoisotopic (exact) mass is 614 g/mol. The Balaban J connectivity index is 1.01. The van der Waals surface area contributed by atoms with E-state index in [2.05, 4.69) is 36.4 Å². The molecule has 0 radical (unpaired) electrons. The van der Waals surface area contributed by atoms with Gasteiger partial charge < -0.3 is 33.2 Å². The molecular weight excluding hydrogens is 568 g/mol. The van der Waals surface area contributed by atoms with Crippen LogP contribution in [0.25, 0.3) is 0 Å². The van der Waals surface area contributed by atoms with Crippen molar-refractivity contribution in [1.82, 2.24) is 0 Å². The Morgan fingerprint density at radius 2 is 0.600 bits per heavy atom. The molecular formula is C38H46O7. The van der Waals surface area contributed by atoms with E-state index in [1.165, 1.54) is 0 Å². The van der Waals surface area contributed by atoms with Crippen molar-refractivity contribution in [2.24, 2.45) is 0 Å². The molecule has 0 saturated carbocycles. The summed E-state index contributed by atoms with van der Waals surface area (Å²) in [4.78, 5) is 0. The lowest BCUT2D eigenvalue weighted by Gasteiger charge is -2.36. The number of ether oxygens (including phenoxy) is 7. The SMILES string of the molecule is c1ccc(COCCOCCOCCOCCOCCOCCOC(c2ccccc2)(c2ccccc2)c2ccccc2)cc1. The summed E-state index contributed by atoms with van der Waals surface area (Å²) in [5.74, 6) is 0. The Labute approximate surface area is 268 Å². The van der Waals surface area contributed by atoms with E-state index in [1.54, 1.807) is 0 Å². The second-order valence-corrected chi connectivity index (χ2v) is 10.2. The summed E-state index contributed by atoms with van der Waals surface area (Å²) in [7, 11) is 0. The maximum absolute atomic E-state index is 6.72. The highest BCUT2D eigenvalue weighted by atomic mass is 16.6. The molecule has 0 aliphatic heterocycles. The van der Waals surface area contributed by atoms with Crippen molar-refractivity contribution in [2.45, 2.75) is 12.2 Å². The molecule has 0 heterocycles. The van der Waals surface area contributed by atoms with Gasteiger partial charge in [-0.2, -0.15) is 0 Å². The molecule has 4 aromatic rings. The van der Waals surface area contributed by atoms with Crippen molar-refractivity contribution in [3.05, 3.63) is 144 Å². The molecule has 0 aliphatic rings. The van der Waals surface area contributed by atoms with E-state index in [-0.39, 0.29) is 0 Å². The molecule has 45 heavy (non-hydrogen) atoms. The van der Waals surface area contributed by atoms with Crippen LogP contribution in [0.2, 0.25) is 0 Å². The minimum absolute atomic E-state index is 0.425. The van der Waals surface area contributed by atoms with E-state index in [0.717, 1.165) is 22.3 Å². The molecule has 0 atom stereocenters. The smallest absolute Gasteiger partial charge is 0.143 e. The molecule has 0 amide bonds. The van der Waals surface area contributed by atoms with Crippen LogP contribution in [0.4, 0.5) is 0 Å². The van der Waals surface area contributed by atoms with Gasteiger partial charge in [0, 0.05) is 0 Å². The first-order valence-electron chi connectivity index (χ1n) is 15.7. The van der Waals surface area contributed by atoms with Gasteiger partial charge >= 0.3 is 0 Å². The van der Waals surface area contributed by atoms with E-state index < -0.39 is 5.60 Å². The van der Waals surface area contributed by atoms with Crippen LogP contribution in [0.15, 0.2) is 121 Å². The Kier molecular flexibility index (Phi) is 16.4. The van der Waals surface area contributed by atoms with Crippen LogP contribution in [0.3, 0.4) is 0 Å². The lowest BCUT2D eigenvalue weighted by Crippen LogP contribution is -2.34. The fourth-order valence-electron chi connectivity index (χ4n) is 4.89. The minimum Gasteiger partial charge on any atom is -0.377 e. The summed E-state index contributed by atoms with van der Waals surface area (Å²) in [6.45, 7) is 6.69. The molecule has 0 saturated heterocycles. The second kappa shape index (κ2) is 21.4. The van der Waals surface area contributed by atoms with Crippen molar-refractivity contribution >= 4 is 0 Å². The average Bonchev–Trinajstić information content (AvgIpc) is 3.11. The lowest BCUT2D eigenvalue weighted by molar-refractivity contribution is -0.0395. The minimum atomic E-state index is -0.741. The molecule has 4 rings (SSSR count). The molecule has 0 spiro atoms. The lowest BCUT2D eigenvalue weighted by atomic mass is 9.80. The summed E-state index contributed by atoms with van der Waals surface area (Å²) >= 11 is 0. The summed E-state index contributed by atoms with van der Waals surface area (Å²) in [5, 5.41) is 0. The average molecular weight is 615 g/mol. The van der Waals surface area contributed by atoms with Crippen LogP contribution >= 0.6 is 0 Å². The molecule has 0 aromatic heterocycles. The fraction of sp³-hybridized carbons (Fsp3) is 0.368. The van der Waals surface area contributed by atoms with Gasteiger partial charge in [-0.1, -0.05) is 121 Å². The summed E-state index contributed by atoms with van der Waals surface area (Å²) in [5.41, 5.74) is 3.64. The molecule has 0 unspecified atom stereocenters. The molecule has 240 valence electrons. The Morgan fingerprint density at radius 3 is 0.956 bits per heavy atom. The second-order valence-electron chi connectivity index (χ2n) is 10.2. The fourth-order valence-corrected chi connectivity index (χ4v) is 4.89. The van der Waals surface area contributed by atoms with Gasteiger partial charge in [-0.15, -0.1) is 0 Å². The third kappa shape index (κ3) is 12.1. The van der Waals surface area contributed by atoms with Crippen molar-refractivity contribution in [3.63, 3.8) is 0 Å². The van der Waals surface area contributed by atoms with Crippen LogP contribution in [0, 0.1) is 0 Å². The first kappa shape index (κ1) is 34.5. The van der Waals surface area contributed by atoms with E-state index in [9.17, 15) is 0 Å². The van der Waals surface area contributed by atoms with Gasteiger partial charge in [0.15, 0.2) is 0 Å². The third-order valence-electron chi connectivity index (χ3n) is 7.06. The van der Waals surface area contributed by atoms with Crippen molar-refractivity contribution in [1.29, 1.82) is 0 Å². The number of hydrogen-bond donors (Lipinski definition) is 0. The third-order valence-corrected chi connectivity index (χ3v) is 7.06. The molecule has 0 fully saturated rings. The highest BCUT2D eigenvalue weighted by molar-refractivity contribution is 5.47. The normalized spacial score (nSPS) is 11.6. The largest absolute Gasteiger partial charge is 0.377 e.